The first-order chi connectivity index (χ1) is 18.0. The van der Waals surface area contributed by atoms with Crippen LogP contribution in [0.1, 0.15) is 36.8 Å². The predicted molar refractivity (Wildman–Crippen MR) is 139 cm³/mol. The third-order valence-electron chi connectivity index (χ3n) is 7.10. The van der Waals surface area contributed by atoms with Gasteiger partial charge in [-0.1, -0.05) is 18.2 Å². The summed E-state index contributed by atoms with van der Waals surface area (Å²) in [6.45, 7) is 0.446. The van der Waals surface area contributed by atoms with Crippen LogP contribution >= 0.6 is 0 Å². The third kappa shape index (κ3) is 5.05. The van der Waals surface area contributed by atoms with E-state index >= 15 is 0 Å². The molecule has 1 saturated carbocycles. The van der Waals surface area contributed by atoms with Crippen molar-refractivity contribution >= 4 is 22.5 Å². The van der Waals surface area contributed by atoms with Crippen LogP contribution < -0.4 is 16.6 Å². The van der Waals surface area contributed by atoms with Crippen molar-refractivity contribution < 1.29 is 4.79 Å². The first-order valence-electron chi connectivity index (χ1n) is 12.3. The van der Waals surface area contributed by atoms with Crippen LogP contribution in [-0.2, 0) is 17.9 Å². The Morgan fingerprint density at radius 2 is 1.70 bits per heavy atom. The molecule has 1 fully saturated rings. The molecule has 37 heavy (non-hydrogen) atoms. The van der Waals surface area contributed by atoms with E-state index in [1.807, 2.05) is 6.07 Å². The average Bonchev–Trinajstić information content (AvgIpc) is 2.94. The lowest BCUT2D eigenvalue weighted by Crippen LogP contribution is -2.42. The first-order valence-corrected chi connectivity index (χ1v) is 12.3. The molecule has 4 aromatic rings. The number of hydrogen-bond donors (Lipinski definition) is 1. The number of carbonyl (C=O) groups excluding carboxylic acids is 1. The van der Waals surface area contributed by atoms with Gasteiger partial charge in [-0.05, 0) is 61.4 Å². The van der Waals surface area contributed by atoms with Gasteiger partial charge in [0.25, 0.3) is 5.56 Å². The number of nitrogens with one attached hydrogen (secondary N) is 1. The van der Waals surface area contributed by atoms with E-state index in [0.29, 0.717) is 34.9 Å². The molecule has 0 aliphatic heterocycles. The molecule has 1 aromatic carbocycles. The Bertz CT molecular complexity index is 1590. The molecule has 0 unspecified atom stereocenters. The second-order valence-corrected chi connectivity index (χ2v) is 9.39. The van der Waals surface area contributed by atoms with Crippen molar-refractivity contribution in [3.05, 3.63) is 99.2 Å². The molecule has 0 bridgehead atoms. The van der Waals surface area contributed by atoms with Gasteiger partial charge in [-0.15, -0.1) is 0 Å². The van der Waals surface area contributed by atoms with Gasteiger partial charge >= 0.3 is 5.69 Å². The Kier molecular flexibility index (Phi) is 6.90. The molecule has 0 saturated heterocycles. The highest BCUT2D eigenvalue weighted by atomic mass is 16.2. The Hall–Kier alpha value is -4.58. The number of amides is 1. The number of pyridine rings is 2. The van der Waals surface area contributed by atoms with Crippen LogP contribution in [0.25, 0.3) is 10.9 Å². The normalized spacial score (nSPS) is 17.3. The monoisotopic (exact) mass is 494 g/mol. The van der Waals surface area contributed by atoms with Crippen molar-refractivity contribution in [3.63, 3.8) is 0 Å². The molecule has 1 aliphatic carbocycles. The highest BCUT2D eigenvalue weighted by molar-refractivity contribution is 5.92. The van der Waals surface area contributed by atoms with Gasteiger partial charge in [0.2, 0.25) is 5.91 Å². The second kappa shape index (κ2) is 10.6. The molecule has 0 spiro atoms. The first kappa shape index (κ1) is 24.1. The zero-order valence-corrected chi connectivity index (χ0v) is 20.2. The quantitative estimate of drug-likeness (QED) is 0.439. The minimum atomic E-state index is -0.421. The summed E-state index contributed by atoms with van der Waals surface area (Å²) in [6.07, 6.45) is 9.20. The molecule has 0 atom stereocenters. The van der Waals surface area contributed by atoms with Crippen LogP contribution in [0.4, 0.5) is 5.69 Å². The van der Waals surface area contributed by atoms with E-state index in [-0.39, 0.29) is 36.4 Å². The van der Waals surface area contributed by atoms with Gasteiger partial charge in [0.05, 0.1) is 35.3 Å². The molecule has 1 aliphatic rings. The SMILES string of the molecule is N#Cc1ccccc1Cn1c(=O)n(CC2CCC(C(=O)Nc3ccncc3)CC2)c(=O)c2ccncc21. The predicted octanol–water partition coefficient (Wildman–Crippen LogP) is 3.32. The van der Waals surface area contributed by atoms with Crippen LogP contribution in [0.5, 0.6) is 0 Å². The molecule has 3 heterocycles. The number of hydrogen-bond acceptors (Lipinski definition) is 6. The zero-order chi connectivity index (χ0) is 25.8. The second-order valence-electron chi connectivity index (χ2n) is 9.39. The van der Waals surface area contributed by atoms with E-state index in [1.54, 1.807) is 55.0 Å². The Morgan fingerprint density at radius 1 is 0.973 bits per heavy atom. The molecule has 0 radical (unpaired) electrons. The number of benzene rings is 1. The zero-order valence-electron chi connectivity index (χ0n) is 20.2. The van der Waals surface area contributed by atoms with Crippen molar-refractivity contribution in [2.45, 2.75) is 38.8 Å². The highest BCUT2D eigenvalue weighted by Crippen LogP contribution is 2.30. The third-order valence-corrected chi connectivity index (χ3v) is 7.10. The van der Waals surface area contributed by atoms with Gasteiger partial charge in [0.1, 0.15) is 0 Å². The fourth-order valence-electron chi connectivity index (χ4n) is 5.06. The summed E-state index contributed by atoms with van der Waals surface area (Å²) in [5.41, 5.74) is 1.58. The summed E-state index contributed by atoms with van der Waals surface area (Å²) >= 11 is 0. The lowest BCUT2D eigenvalue weighted by Gasteiger charge is -2.28. The number of rotatable bonds is 6. The summed E-state index contributed by atoms with van der Waals surface area (Å²) in [5, 5.41) is 12.9. The van der Waals surface area contributed by atoms with E-state index in [0.717, 1.165) is 18.5 Å². The number of nitriles is 1. The maximum atomic E-state index is 13.6. The largest absolute Gasteiger partial charge is 0.331 e. The Balaban J connectivity index is 1.38. The maximum absolute atomic E-state index is 13.6. The van der Waals surface area contributed by atoms with E-state index in [2.05, 4.69) is 21.4 Å². The molecule has 5 rings (SSSR count). The molecule has 9 heteroatoms. The Morgan fingerprint density at radius 3 is 2.46 bits per heavy atom. The van der Waals surface area contributed by atoms with E-state index < -0.39 is 5.69 Å². The molecular formula is C28H26N6O3. The summed E-state index contributed by atoms with van der Waals surface area (Å²) in [7, 11) is 0. The number of nitrogens with zero attached hydrogens (tertiary/aromatic N) is 5. The number of fused-ring (bicyclic) bond motifs is 1. The van der Waals surface area contributed by atoms with Gasteiger partial charge in [-0.2, -0.15) is 5.26 Å². The topological polar surface area (TPSA) is 123 Å². The van der Waals surface area contributed by atoms with Crippen LogP contribution in [0, 0.1) is 23.2 Å². The summed E-state index contributed by atoms with van der Waals surface area (Å²) in [4.78, 5) is 47.7. The number of anilines is 1. The standard InChI is InChI=1S/C28H26N6O3/c29-15-21-3-1-2-4-22(21)18-33-25-16-31-14-11-24(25)27(36)34(28(33)37)17-19-5-7-20(8-6-19)26(35)32-23-9-12-30-13-10-23/h1-4,9-14,16,19-20H,5-8,17-18H2,(H,30,32,35). The molecular weight excluding hydrogens is 468 g/mol. The number of aromatic nitrogens is 4. The Labute approximate surface area is 213 Å². The van der Waals surface area contributed by atoms with Crippen molar-refractivity contribution in [1.29, 1.82) is 5.26 Å². The summed E-state index contributed by atoms with van der Waals surface area (Å²) in [5.74, 6) is -0.0176. The highest BCUT2D eigenvalue weighted by Gasteiger charge is 2.28. The van der Waals surface area contributed by atoms with E-state index in [1.165, 1.54) is 15.3 Å². The summed E-state index contributed by atoms with van der Waals surface area (Å²) in [6, 6.07) is 14.4. The average molecular weight is 495 g/mol. The van der Waals surface area contributed by atoms with Crippen LogP contribution in [-0.4, -0.2) is 25.0 Å². The fraction of sp³-hybridized carbons (Fsp3) is 0.286. The summed E-state index contributed by atoms with van der Waals surface area (Å²) < 4.78 is 2.83. The fourth-order valence-corrected chi connectivity index (χ4v) is 5.06. The van der Waals surface area contributed by atoms with Gasteiger partial charge in [-0.3, -0.25) is 28.7 Å². The minimum absolute atomic E-state index is 0.0152. The van der Waals surface area contributed by atoms with Crippen LogP contribution in [0.15, 0.2) is 76.8 Å². The minimum Gasteiger partial charge on any atom is -0.326 e. The van der Waals surface area contributed by atoms with Gasteiger partial charge < -0.3 is 5.32 Å². The van der Waals surface area contributed by atoms with Gasteiger partial charge in [0.15, 0.2) is 0 Å². The van der Waals surface area contributed by atoms with Gasteiger partial charge in [0, 0.05) is 36.7 Å². The lowest BCUT2D eigenvalue weighted by atomic mass is 9.81. The van der Waals surface area contributed by atoms with Crippen molar-refractivity contribution in [2.24, 2.45) is 11.8 Å². The van der Waals surface area contributed by atoms with Gasteiger partial charge in [-0.25, -0.2) is 4.79 Å². The van der Waals surface area contributed by atoms with E-state index in [4.69, 9.17) is 0 Å². The molecule has 3 aromatic heterocycles. The molecule has 1 amide bonds. The lowest BCUT2D eigenvalue weighted by molar-refractivity contribution is -0.121. The van der Waals surface area contributed by atoms with Crippen LogP contribution in [0.2, 0.25) is 0 Å². The van der Waals surface area contributed by atoms with Crippen molar-refractivity contribution in [3.8, 4) is 6.07 Å². The maximum Gasteiger partial charge on any atom is 0.331 e. The smallest absolute Gasteiger partial charge is 0.326 e. The number of carbonyl (C=O) groups is 1. The molecule has 9 nitrogen and oxygen atoms in total. The molecule has 1 N–H and O–H groups in total. The van der Waals surface area contributed by atoms with E-state index in [9.17, 15) is 19.6 Å². The van der Waals surface area contributed by atoms with Crippen LogP contribution in [0.3, 0.4) is 0 Å². The van der Waals surface area contributed by atoms with Crippen molar-refractivity contribution in [2.75, 3.05) is 5.32 Å². The van der Waals surface area contributed by atoms with Crippen molar-refractivity contribution in [1.82, 2.24) is 19.1 Å². The molecule has 186 valence electrons.